The minimum absolute atomic E-state index is 0.132. The van der Waals surface area contributed by atoms with E-state index in [1.54, 1.807) is 6.92 Å². The highest BCUT2D eigenvalue weighted by Crippen LogP contribution is 2.27. The maximum Gasteiger partial charge on any atom is 0.113 e. The molecular weight excluding hydrogens is 241 g/mol. The number of hydrogen-bond acceptors (Lipinski definition) is 2. The van der Waals surface area contributed by atoms with Crippen molar-refractivity contribution in [2.45, 2.75) is 45.3 Å². The van der Waals surface area contributed by atoms with E-state index in [1.807, 2.05) is 6.07 Å². The molecule has 3 heteroatoms. The summed E-state index contributed by atoms with van der Waals surface area (Å²) in [5.74, 6) is 0. The van der Waals surface area contributed by atoms with Gasteiger partial charge in [0.05, 0.1) is 13.2 Å². The number of nitrogens with one attached hydrogen (secondary N) is 1. The maximum absolute atomic E-state index is 14.8. The van der Waals surface area contributed by atoms with Gasteiger partial charge in [-0.3, -0.25) is 0 Å². The van der Waals surface area contributed by atoms with Crippen LogP contribution in [0.3, 0.4) is 0 Å². The third-order valence-electron chi connectivity index (χ3n) is 3.86. The van der Waals surface area contributed by atoms with Crippen molar-refractivity contribution in [3.8, 4) is 0 Å². The molecule has 1 heterocycles. The van der Waals surface area contributed by atoms with Gasteiger partial charge in [-0.05, 0) is 43.9 Å². The highest BCUT2D eigenvalue weighted by Gasteiger charge is 2.30. The zero-order valence-corrected chi connectivity index (χ0v) is 12.1. The molecule has 19 heavy (non-hydrogen) atoms. The smallest absolute Gasteiger partial charge is 0.113 e. The SMILES string of the molecule is Cc1cccc(C)c1CC(C)(F)CC1COCCN1. The van der Waals surface area contributed by atoms with Crippen LogP contribution in [-0.4, -0.2) is 31.5 Å². The molecule has 1 aromatic rings. The Hall–Kier alpha value is -0.930. The quantitative estimate of drug-likeness (QED) is 0.903. The van der Waals surface area contributed by atoms with Crippen molar-refractivity contribution < 1.29 is 9.13 Å². The molecule has 2 unspecified atom stereocenters. The fraction of sp³-hybridized carbons (Fsp3) is 0.625. The molecule has 2 atom stereocenters. The third-order valence-corrected chi connectivity index (χ3v) is 3.86. The van der Waals surface area contributed by atoms with Crippen LogP contribution >= 0.6 is 0 Å². The fourth-order valence-corrected chi connectivity index (χ4v) is 2.83. The summed E-state index contributed by atoms with van der Waals surface area (Å²) in [5, 5.41) is 3.33. The van der Waals surface area contributed by atoms with Gasteiger partial charge in [-0.1, -0.05) is 18.2 Å². The van der Waals surface area contributed by atoms with Gasteiger partial charge in [0.2, 0.25) is 0 Å². The number of halogens is 1. The van der Waals surface area contributed by atoms with E-state index in [-0.39, 0.29) is 6.04 Å². The van der Waals surface area contributed by atoms with Crippen molar-refractivity contribution in [1.29, 1.82) is 0 Å². The maximum atomic E-state index is 14.8. The minimum atomic E-state index is -1.20. The van der Waals surface area contributed by atoms with Gasteiger partial charge in [0.1, 0.15) is 5.67 Å². The van der Waals surface area contributed by atoms with Crippen LogP contribution in [0.1, 0.15) is 30.0 Å². The van der Waals surface area contributed by atoms with E-state index >= 15 is 0 Å². The van der Waals surface area contributed by atoms with Gasteiger partial charge in [0, 0.05) is 19.0 Å². The first kappa shape index (κ1) is 14.5. The molecule has 0 amide bonds. The largest absolute Gasteiger partial charge is 0.379 e. The number of aryl methyl sites for hydroxylation is 2. The van der Waals surface area contributed by atoms with Crippen molar-refractivity contribution >= 4 is 0 Å². The molecule has 0 aromatic heterocycles. The first-order valence-corrected chi connectivity index (χ1v) is 7.03. The first-order chi connectivity index (χ1) is 8.98. The first-order valence-electron chi connectivity index (χ1n) is 7.03. The Bertz CT molecular complexity index is 405. The minimum Gasteiger partial charge on any atom is -0.379 e. The summed E-state index contributed by atoms with van der Waals surface area (Å²) in [6.07, 6.45) is 0.977. The molecule has 0 radical (unpaired) electrons. The lowest BCUT2D eigenvalue weighted by Gasteiger charge is -2.30. The molecule has 0 bridgehead atoms. The molecular formula is C16H24FNO. The molecule has 1 N–H and O–H groups in total. The van der Waals surface area contributed by atoms with Gasteiger partial charge >= 0.3 is 0 Å². The van der Waals surface area contributed by atoms with Gasteiger partial charge in [-0.15, -0.1) is 0 Å². The summed E-state index contributed by atoms with van der Waals surface area (Å²) >= 11 is 0. The van der Waals surface area contributed by atoms with Gasteiger partial charge in [0.25, 0.3) is 0 Å². The zero-order chi connectivity index (χ0) is 13.9. The summed E-state index contributed by atoms with van der Waals surface area (Å²) in [4.78, 5) is 0. The number of alkyl halides is 1. The summed E-state index contributed by atoms with van der Waals surface area (Å²) in [5.41, 5.74) is 2.30. The molecule has 1 saturated heterocycles. The molecule has 1 aromatic carbocycles. The second kappa shape index (κ2) is 6.02. The van der Waals surface area contributed by atoms with E-state index in [1.165, 1.54) is 11.1 Å². The second-order valence-electron chi connectivity index (χ2n) is 5.89. The highest BCUT2D eigenvalue weighted by molar-refractivity contribution is 5.34. The molecule has 1 fully saturated rings. The highest BCUT2D eigenvalue weighted by atomic mass is 19.1. The second-order valence-corrected chi connectivity index (χ2v) is 5.89. The molecule has 1 aliphatic heterocycles. The van der Waals surface area contributed by atoms with E-state index in [9.17, 15) is 4.39 Å². The zero-order valence-electron chi connectivity index (χ0n) is 12.1. The van der Waals surface area contributed by atoms with Crippen LogP contribution in [-0.2, 0) is 11.2 Å². The molecule has 106 valence electrons. The Balaban J connectivity index is 2.03. The molecule has 2 nitrogen and oxygen atoms in total. The summed E-state index contributed by atoms with van der Waals surface area (Å²) in [7, 11) is 0. The molecule has 1 aliphatic rings. The summed E-state index contributed by atoms with van der Waals surface area (Å²) in [6, 6.07) is 6.27. The van der Waals surface area contributed by atoms with E-state index in [0.29, 0.717) is 19.4 Å². The fourth-order valence-electron chi connectivity index (χ4n) is 2.83. The lowest BCUT2D eigenvalue weighted by Crippen LogP contribution is -2.45. The Labute approximate surface area is 115 Å². The predicted molar refractivity (Wildman–Crippen MR) is 76.4 cm³/mol. The van der Waals surface area contributed by atoms with Crippen molar-refractivity contribution in [3.63, 3.8) is 0 Å². The van der Waals surface area contributed by atoms with Crippen LogP contribution in [0.15, 0.2) is 18.2 Å². The average Bonchev–Trinajstić information content (AvgIpc) is 2.35. The number of morpholine rings is 1. The monoisotopic (exact) mass is 265 g/mol. The number of hydrogen-bond donors (Lipinski definition) is 1. The predicted octanol–water partition coefficient (Wildman–Crippen LogP) is 2.95. The van der Waals surface area contributed by atoms with E-state index in [4.69, 9.17) is 4.74 Å². The van der Waals surface area contributed by atoms with Crippen LogP contribution in [0.4, 0.5) is 4.39 Å². The number of ether oxygens (including phenoxy) is 1. The lowest BCUT2D eigenvalue weighted by molar-refractivity contribution is 0.0482. The van der Waals surface area contributed by atoms with Crippen molar-refractivity contribution in [3.05, 3.63) is 34.9 Å². The van der Waals surface area contributed by atoms with Crippen molar-refractivity contribution in [2.24, 2.45) is 0 Å². The van der Waals surface area contributed by atoms with Crippen LogP contribution in [0.5, 0.6) is 0 Å². The molecule has 0 aliphatic carbocycles. The van der Waals surface area contributed by atoms with Crippen LogP contribution in [0.2, 0.25) is 0 Å². The Kier molecular flexibility index (Phi) is 4.58. The van der Waals surface area contributed by atoms with Gasteiger partial charge in [0.15, 0.2) is 0 Å². The van der Waals surface area contributed by atoms with Crippen molar-refractivity contribution in [1.82, 2.24) is 5.32 Å². The van der Waals surface area contributed by atoms with Gasteiger partial charge in [-0.2, -0.15) is 0 Å². The summed E-state index contributed by atoms with van der Waals surface area (Å²) < 4.78 is 20.2. The standard InChI is InChI=1S/C16H24FNO/c1-12-5-4-6-13(2)15(12)10-16(3,17)9-14-11-19-8-7-18-14/h4-6,14,18H,7-11H2,1-3H3. The van der Waals surface area contributed by atoms with Gasteiger partial charge in [-0.25, -0.2) is 4.39 Å². The van der Waals surface area contributed by atoms with E-state index in [2.05, 4.69) is 31.3 Å². The van der Waals surface area contributed by atoms with E-state index in [0.717, 1.165) is 18.7 Å². The van der Waals surface area contributed by atoms with Crippen LogP contribution in [0.25, 0.3) is 0 Å². The van der Waals surface area contributed by atoms with Crippen molar-refractivity contribution in [2.75, 3.05) is 19.8 Å². The van der Waals surface area contributed by atoms with Gasteiger partial charge < -0.3 is 10.1 Å². The van der Waals surface area contributed by atoms with E-state index < -0.39 is 5.67 Å². The normalized spacial score (nSPS) is 23.1. The molecule has 0 saturated carbocycles. The Morgan fingerprint density at radius 2 is 2.05 bits per heavy atom. The lowest BCUT2D eigenvalue weighted by atomic mass is 9.87. The topological polar surface area (TPSA) is 21.3 Å². The summed E-state index contributed by atoms with van der Waals surface area (Å²) in [6.45, 7) is 7.99. The Morgan fingerprint density at radius 1 is 1.37 bits per heavy atom. The average molecular weight is 265 g/mol. The molecule has 2 rings (SSSR count). The van der Waals surface area contributed by atoms with Crippen LogP contribution in [0, 0.1) is 13.8 Å². The number of benzene rings is 1. The Morgan fingerprint density at radius 3 is 2.63 bits per heavy atom. The van der Waals surface area contributed by atoms with Crippen LogP contribution < -0.4 is 5.32 Å². The molecule has 0 spiro atoms. The third kappa shape index (κ3) is 4.02. The number of rotatable bonds is 4.